The summed E-state index contributed by atoms with van der Waals surface area (Å²) < 4.78 is 2.01. The molecule has 31 heavy (non-hydrogen) atoms. The van der Waals surface area contributed by atoms with Crippen molar-refractivity contribution in [2.24, 2.45) is 4.99 Å². The van der Waals surface area contributed by atoms with E-state index in [0.717, 1.165) is 67.6 Å². The zero-order valence-electron chi connectivity index (χ0n) is 19.3. The van der Waals surface area contributed by atoms with Crippen molar-refractivity contribution >= 4 is 29.9 Å². The molecule has 0 radical (unpaired) electrons. The van der Waals surface area contributed by atoms with Gasteiger partial charge in [-0.3, -0.25) is 4.90 Å². The third-order valence-corrected chi connectivity index (χ3v) is 5.40. The lowest BCUT2D eigenvalue weighted by molar-refractivity contribution is 0.221. The molecule has 0 aliphatic carbocycles. The Hall–Kier alpha value is -1.87. The average molecular weight is 537 g/mol. The van der Waals surface area contributed by atoms with Crippen LogP contribution < -0.4 is 10.6 Å². The molecule has 0 bridgehead atoms. The van der Waals surface area contributed by atoms with E-state index < -0.39 is 0 Å². The fraction of sp³-hybridized carbons (Fsp3) is 0.500. The van der Waals surface area contributed by atoms with E-state index in [1.165, 1.54) is 5.57 Å². The lowest BCUT2D eigenvalue weighted by Crippen LogP contribution is -2.48. The number of nitrogens with one attached hydrogen (secondary N) is 2. The van der Waals surface area contributed by atoms with Crippen LogP contribution in [0, 0.1) is 13.8 Å². The van der Waals surface area contributed by atoms with E-state index in [9.17, 15) is 0 Å². The Balaban J connectivity index is 0.00000341. The summed E-state index contributed by atoms with van der Waals surface area (Å²) in [6, 6.07) is 10.9. The molecule has 1 aromatic heterocycles. The van der Waals surface area contributed by atoms with E-state index in [-0.39, 0.29) is 24.0 Å². The number of aromatic nitrogens is 2. The number of piperidine rings is 1. The van der Waals surface area contributed by atoms with E-state index in [1.54, 1.807) is 0 Å². The number of guanidine groups is 1. The maximum Gasteiger partial charge on any atom is 0.191 e. The second-order valence-electron chi connectivity index (χ2n) is 8.31. The molecule has 170 valence electrons. The molecule has 3 rings (SSSR count). The Kier molecular flexibility index (Phi) is 10.0. The Morgan fingerprint density at radius 2 is 1.94 bits per heavy atom. The number of benzene rings is 1. The Morgan fingerprint density at radius 1 is 1.23 bits per heavy atom. The first kappa shape index (κ1) is 25.4. The van der Waals surface area contributed by atoms with E-state index in [1.807, 2.05) is 11.6 Å². The van der Waals surface area contributed by atoms with Crippen LogP contribution in [0.1, 0.15) is 43.6 Å². The normalized spacial score (nSPS) is 15.4. The van der Waals surface area contributed by atoms with Crippen molar-refractivity contribution < 1.29 is 0 Å². The number of aliphatic imine (C=N–C) groups is 1. The molecule has 1 saturated heterocycles. The van der Waals surface area contributed by atoms with Crippen molar-refractivity contribution in [3.8, 4) is 5.69 Å². The maximum absolute atomic E-state index is 4.89. The molecule has 1 aromatic carbocycles. The molecule has 1 aliphatic heterocycles. The monoisotopic (exact) mass is 536 g/mol. The molecule has 1 fully saturated rings. The topological polar surface area (TPSA) is 57.5 Å². The number of para-hydroxylation sites is 1. The summed E-state index contributed by atoms with van der Waals surface area (Å²) in [6.45, 7) is 17.0. The summed E-state index contributed by atoms with van der Waals surface area (Å²) in [6.07, 6.45) is 2.25. The van der Waals surface area contributed by atoms with Crippen molar-refractivity contribution in [3.05, 3.63) is 59.4 Å². The van der Waals surface area contributed by atoms with Crippen LogP contribution in [0.2, 0.25) is 0 Å². The highest BCUT2D eigenvalue weighted by Crippen LogP contribution is 2.18. The molecule has 2 N–H and O–H groups in total. The molecule has 1 aliphatic rings. The number of hydrogen-bond donors (Lipinski definition) is 2. The predicted molar refractivity (Wildman–Crippen MR) is 141 cm³/mol. The molecule has 2 heterocycles. The summed E-state index contributed by atoms with van der Waals surface area (Å²) in [7, 11) is 0. The molecule has 7 heteroatoms. The highest BCUT2D eigenvalue weighted by atomic mass is 127. The minimum Gasteiger partial charge on any atom is -0.357 e. The second-order valence-corrected chi connectivity index (χ2v) is 8.31. The first-order valence-electron chi connectivity index (χ1n) is 11.0. The van der Waals surface area contributed by atoms with Crippen LogP contribution in [-0.4, -0.2) is 52.9 Å². The van der Waals surface area contributed by atoms with E-state index >= 15 is 0 Å². The van der Waals surface area contributed by atoms with Crippen LogP contribution >= 0.6 is 24.0 Å². The van der Waals surface area contributed by atoms with Crippen molar-refractivity contribution in [2.75, 3.05) is 26.2 Å². The van der Waals surface area contributed by atoms with E-state index in [0.29, 0.717) is 12.6 Å². The van der Waals surface area contributed by atoms with Crippen LogP contribution in [0.4, 0.5) is 0 Å². The molecule has 0 atom stereocenters. The lowest BCUT2D eigenvalue weighted by Gasteiger charge is -2.33. The van der Waals surface area contributed by atoms with E-state index in [4.69, 9.17) is 4.99 Å². The van der Waals surface area contributed by atoms with Crippen LogP contribution in [0.3, 0.4) is 0 Å². The van der Waals surface area contributed by atoms with Gasteiger partial charge in [0.05, 0.1) is 17.9 Å². The Labute approximate surface area is 204 Å². The summed E-state index contributed by atoms with van der Waals surface area (Å²) in [5.74, 6) is 0.888. The highest BCUT2D eigenvalue weighted by Gasteiger charge is 2.20. The standard InChI is InChI=1S/C24H36N6.HI/c1-6-25-24(27-22-11-13-29(14-12-22)17-18(2)3)26-16-21-9-7-8-10-23(21)30-20(5)15-19(4)28-30;/h7-10,15,22H,2,6,11-14,16-17H2,1,3-5H3,(H2,25,26,27);1H. The third-order valence-electron chi connectivity index (χ3n) is 5.40. The number of halogens is 1. The van der Waals surface area contributed by atoms with Gasteiger partial charge < -0.3 is 10.6 Å². The van der Waals surface area contributed by atoms with Gasteiger partial charge in [0.25, 0.3) is 0 Å². The molecule has 0 spiro atoms. The summed E-state index contributed by atoms with van der Waals surface area (Å²) in [4.78, 5) is 7.37. The summed E-state index contributed by atoms with van der Waals surface area (Å²) in [5, 5.41) is 11.7. The Bertz CT molecular complexity index is 880. The zero-order chi connectivity index (χ0) is 21.5. The number of rotatable bonds is 7. The average Bonchev–Trinajstić information content (AvgIpc) is 3.05. The number of hydrogen-bond acceptors (Lipinski definition) is 3. The predicted octanol–water partition coefficient (Wildman–Crippen LogP) is 4.20. The van der Waals surface area contributed by atoms with Crippen molar-refractivity contribution in [1.29, 1.82) is 0 Å². The van der Waals surface area contributed by atoms with Gasteiger partial charge in [-0.2, -0.15) is 5.10 Å². The van der Waals surface area contributed by atoms with Gasteiger partial charge in [-0.05, 0) is 58.2 Å². The molecular formula is C24H37IN6. The summed E-state index contributed by atoms with van der Waals surface area (Å²) in [5.41, 5.74) is 5.65. The SMILES string of the molecule is C=C(C)CN1CCC(NC(=NCc2ccccc2-n2nc(C)cc2C)NCC)CC1.I. The van der Waals surface area contributed by atoms with Crippen molar-refractivity contribution in [2.45, 2.75) is 53.1 Å². The minimum atomic E-state index is 0. The smallest absolute Gasteiger partial charge is 0.191 e. The minimum absolute atomic E-state index is 0. The van der Waals surface area contributed by atoms with Gasteiger partial charge in [0.2, 0.25) is 0 Å². The van der Waals surface area contributed by atoms with Gasteiger partial charge in [0.1, 0.15) is 0 Å². The van der Waals surface area contributed by atoms with Gasteiger partial charge in [-0.25, -0.2) is 9.67 Å². The Morgan fingerprint density at radius 3 is 2.55 bits per heavy atom. The molecule has 0 saturated carbocycles. The third kappa shape index (κ3) is 7.35. The van der Waals surface area contributed by atoms with Gasteiger partial charge in [-0.15, -0.1) is 24.0 Å². The lowest BCUT2D eigenvalue weighted by atomic mass is 10.0. The quantitative estimate of drug-likeness (QED) is 0.241. The van der Waals surface area contributed by atoms with Crippen LogP contribution in [0.5, 0.6) is 0 Å². The first-order chi connectivity index (χ1) is 14.5. The highest BCUT2D eigenvalue weighted by molar-refractivity contribution is 14.0. The second kappa shape index (κ2) is 12.2. The fourth-order valence-electron chi connectivity index (χ4n) is 4.02. The molecule has 0 amide bonds. The number of nitrogens with zero attached hydrogens (tertiary/aromatic N) is 4. The molecule has 0 unspecified atom stereocenters. The molecule has 2 aromatic rings. The first-order valence-corrected chi connectivity index (χ1v) is 11.0. The van der Waals surface area contributed by atoms with Gasteiger partial charge in [-0.1, -0.05) is 30.4 Å². The van der Waals surface area contributed by atoms with Gasteiger partial charge in [0, 0.05) is 37.9 Å². The largest absolute Gasteiger partial charge is 0.357 e. The van der Waals surface area contributed by atoms with Gasteiger partial charge >= 0.3 is 0 Å². The van der Waals surface area contributed by atoms with Crippen LogP contribution in [-0.2, 0) is 6.54 Å². The molecule has 6 nitrogen and oxygen atoms in total. The summed E-state index contributed by atoms with van der Waals surface area (Å²) >= 11 is 0. The zero-order valence-corrected chi connectivity index (χ0v) is 21.6. The van der Waals surface area contributed by atoms with E-state index in [2.05, 4.69) is 78.3 Å². The van der Waals surface area contributed by atoms with Crippen LogP contribution in [0.25, 0.3) is 5.69 Å². The van der Waals surface area contributed by atoms with Crippen LogP contribution in [0.15, 0.2) is 47.5 Å². The number of aryl methyl sites for hydroxylation is 2. The van der Waals surface area contributed by atoms with Crippen molar-refractivity contribution in [3.63, 3.8) is 0 Å². The molecular weight excluding hydrogens is 499 g/mol. The van der Waals surface area contributed by atoms with Crippen molar-refractivity contribution in [1.82, 2.24) is 25.3 Å². The number of likely N-dealkylation sites (tertiary alicyclic amines) is 1. The maximum atomic E-state index is 4.89. The van der Waals surface area contributed by atoms with Gasteiger partial charge in [0.15, 0.2) is 5.96 Å². The fourth-order valence-corrected chi connectivity index (χ4v) is 4.02.